The van der Waals surface area contributed by atoms with Crippen molar-refractivity contribution in [2.75, 3.05) is 20.8 Å². The van der Waals surface area contributed by atoms with E-state index in [1.54, 1.807) is 24.3 Å². The number of hydrogen-bond acceptors (Lipinski definition) is 7. The topological polar surface area (TPSA) is 96.0 Å². The first-order valence-corrected chi connectivity index (χ1v) is 7.58. The van der Waals surface area contributed by atoms with E-state index in [1.165, 1.54) is 31.5 Å². The Labute approximate surface area is 166 Å². The third-order valence-corrected chi connectivity index (χ3v) is 3.78. The monoisotopic (exact) mass is 451 g/mol. The standard InChI is InChI=1S/C18H19NO6.Ag/c1-24-17(22)13-10-19(9-8-15(20)21)11-14(18(23)25-2)16(13)12-6-4-3-5-7-12;/h3-7,10-11,16H,8-9H2,1-2H3,(H,20,21);/q;+1/p-1. The van der Waals surface area contributed by atoms with E-state index in [9.17, 15) is 19.5 Å². The second-order valence-electron chi connectivity index (χ2n) is 5.36. The van der Waals surface area contributed by atoms with Crippen LogP contribution in [-0.2, 0) is 46.2 Å². The Morgan fingerprint density at radius 1 is 1.00 bits per heavy atom. The summed E-state index contributed by atoms with van der Waals surface area (Å²) >= 11 is 0. The molecule has 1 aromatic rings. The number of carboxylic acids is 1. The minimum atomic E-state index is -1.23. The number of esters is 2. The van der Waals surface area contributed by atoms with Crippen LogP contribution in [0.4, 0.5) is 0 Å². The van der Waals surface area contributed by atoms with Gasteiger partial charge in [-0.05, 0) is 5.56 Å². The number of methoxy groups -OCH3 is 2. The van der Waals surface area contributed by atoms with E-state index >= 15 is 0 Å². The zero-order chi connectivity index (χ0) is 18.4. The van der Waals surface area contributed by atoms with E-state index in [2.05, 4.69) is 0 Å². The van der Waals surface area contributed by atoms with Crippen molar-refractivity contribution in [2.24, 2.45) is 0 Å². The SMILES string of the molecule is COC(=O)C1=CN(CCC(=O)[O-])C=C(C(=O)OC)C1c1ccccc1.[Ag+]. The molecule has 0 fully saturated rings. The Hall–Kier alpha value is -2.35. The molecule has 0 bridgehead atoms. The van der Waals surface area contributed by atoms with Crippen LogP contribution in [0.2, 0.25) is 0 Å². The molecular formula is C18H18AgNO6. The molecule has 0 amide bonds. The van der Waals surface area contributed by atoms with Crippen LogP contribution in [-0.4, -0.2) is 43.6 Å². The fourth-order valence-corrected chi connectivity index (χ4v) is 2.64. The first-order valence-electron chi connectivity index (χ1n) is 7.58. The minimum absolute atomic E-state index is 0. The van der Waals surface area contributed by atoms with Gasteiger partial charge in [0, 0.05) is 31.3 Å². The number of aliphatic carboxylic acids is 1. The predicted molar refractivity (Wildman–Crippen MR) is 85.7 cm³/mol. The zero-order valence-corrected chi connectivity index (χ0v) is 15.7. The molecule has 2 rings (SSSR count). The molecule has 0 N–H and O–H groups in total. The van der Waals surface area contributed by atoms with Gasteiger partial charge < -0.3 is 24.3 Å². The molecule has 1 aliphatic heterocycles. The number of nitrogens with zero attached hydrogens (tertiary/aromatic N) is 1. The fourth-order valence-electron chi connectivity index (χ4n) is 2.64. The van der Waals surface area contributed by atoms with Gasteiger partial charge in [-0.15, -0.1) is 0 Å². The van der Waals surface area contributed by atoms with Gasteiger partial charge in [0.25, 0.3) is 0 Å². The van der Waals surface area contributed by atoms with Gasteiger partial charge in [-0.2, -0.15) is 0 Å². The van der Waals surface area contributed by atoms with Crippen LogP contribution in [0.5, 0.6) is 0 Å². The summed E-state index contributed by atoms with van der Waals surface area (Å²) in [6, 6.07) is 8.98. The molecule has 0 radical (unpaired) electrons. The molecule has 0 saturated carbocycles. The number of rotatable bonds is 6. The molecule has 0 unspecified atom stereocenters. The Bertz CT molecular complexity index is 694. The molecular weight excluding hydrogens is 434 g/mol. The van der Waals surface area contributed by atoms with Crippen molar-refractivity contribution in [3.8, 4) is 0 Å². The van der Waals surface area contributed by atoms with Gasteiger partial charge in [-0.25, -0.2) is 9.59 Å². The summed E-state index contributed by atoms with van der Waals surface area (Å²) in [6.45, 7) is 0.0465. The van der Waals surface area contributed by atoms with Crippen molar-refractivity contribution in [3.05, 3.63) is 59.4 Å². The Kier molecular flexibility index (Phi) is 8.31. The molecule has 8 heteroatoms. The average Bonchev–Trinajstić information content (AvgIpc) is 2.64. The van der Waals surface area contributed by atoms with Gasteiger partial charge in [-0.1, -0.05) is 30.3 Å². The van der Waals surface area contributed by atoms with Gasteiger partial charge in [0.05, 0.1) is 31.3 Å². The minimum Gasteiger partial charge on any atom is -0.550 e. The Morgan fingerprint density at radius 2 is 1.50 bits per heavy atom. The van der Waals surface area contributed by atoms with E-state index in [-0.39, 0.29) is 46.5 Å². The summed E-state index contributed by atoms with van der Waals surface area (Å²) in [5.41, 5.74) is 1.15. The molecule has 0 atom stereocenters. The summed E-state index contributed by atoms with van der Waals surface area (Å²) in [6.07, 6.45) is 2.71. The van der Waals surface area contributed by atoms with Gasteiger partial charge in [-0.3, -0.25) is 0 Å². The zero-order valence-electron chi connectivity index (χ0n) is 14.2. The molecule has 26 heavy (non-hydrogen) atoms. The third-order valence-electron chi connectivity index (χ3n) is 3.78. The van der Waals surface area contributed by atoms with Crippen molar-refractivity contribution < 1.29 is 51.3 Å². The van der Waals surface area contributed by atoms with E-state index in [4.69, 9.17) is 9.47 Å². The molecule has 0 aliphatic carbocycles. The van der Waals surface area contributed by atoms with Crippen LogP contribution >= 0.6 is 0 Å². The molecule has 1 heterocycles. The second kappa shape index (κ2) is 9.96. The van der Waals surface area contributed by atoms with Crippen LogP contribution in [0, 0.1) is 0 Å². The Morgan fingerprint density at radius 3 is 1.92 bits per heavy atom. The molecule has 1 aliphatic rings. The molecule has 142 valence electrons. The average molecular weight is 452 g/mol. The number of hydrogen-bond donors (Lipinski definition) is 0. The van der Waals surface area contributed by atoms with Crippen LogP contribution in [0.1, 0.15) is 17.9 Å². The number of carbonyl (C=O) groups is 3. The summed E-state index contributed by atoms with van der Waals surface area (Å²) in [5.74, 6) is -3.12. The summed E-state index contributed by atoms with van der Waals surface area (Å²) < 4.78 is 9.67. The van der Waals surface area contributed by atoms with Crippen molar-refractivity contribution in [1.29, 1.82) is 0 Å². The molecule has 0 spiro atoms. The van der Waals surface area contributed by atoms with E-state index in [0.29, 0.717) is 0 Å². The number of carbonyl (C=O) groups excluding carboxylic acids is 3. The molecule has 0 saturated heterocycles. The maximum absolute atomic E-state index is 12.3. The van der Waals surface area contributed by atoms with E-state index in [0.717, 1.165) is 5.56 Å². The normalized spacial score (nSPS) is 13.8. The fraction of sp³-hybridized carbons (Fsp3) is 0.278. The predicted octanol–water partition coefficient (Wildman–Crippen LogP) is 0.337. The van der Waals surface area contributed by atoms with Gasteiger partial charge in [0.1, 0.15) is 0 Å². The third kappa shape index (κ3) is 5.08. The maximum atomic E-state index is 12.3. The largest absolute Gasteiger partial charge is 1.00 e. The van der Waals surface area contributed by atoms with Gasteiger partial charge in [0.15, 0.2) is 0 Å². The number of carboxylic acid groups (broad SMARTS) is 1. The summed E-state index contributed by atoms with van der Waals surface area (Å²) in [5, 5.41) is 10.7. The van der Waals surface area contributed by atoms with E-state index < -0.39 is 23.8 Å². The molecule has 7 nitrogen and oxygen atoms in total. The van der Waals surface area contributed by atoms with Crippen molar-refractivity contribution in [2.45, 2.75) is 12.3 Å². The first-order chi connectivity index (χ1) is 12.0. The summed E-state index contributed by atoms with van der Waals surface area (Å²) in [4.78, 5) is 36.7. The van der Waals surface area contributed by atoms with Crippen molar-refractivity contribution in [1.82, 2.24) is 4.90 Å². The van der Waals surface area contributed by atoms with Crippen LogP contribution in [0.25, 0.3) is 0 Å². The summed E-state index contributed by atoms with van der Waals surface area (Å²) in [7, 11) is 2.49. The molecule has 1 aromatic carbocycles. The van der Waals surface area contributed by atoms with E-state index in [1.807, 2.05) is 6.07 Å². The quantitative estimate of drug-likeness (QED) is 0.454. The van der Waals surface area contributed by atoms with Crippen LogP contribution in [0.15, 0.2) is 53.9 Å². The van der Waals surface area contributed by atoms with Crippen molar-refractivity contribution in [3.63, 3.8) is 0 Å². The van der Waals surface area contributed by atoms with Crippen molar-refractivity contribution >= 4 is 17.9 Å². The van der Waals surface area contributed by atoms with Gasteiger partial charge in [0.2, 0.25) is 0 Å². The second-order valence-corrected chi connectivity index (χ2v) is 5.36. The molecule has 0 aromatic heterocycles. The smallest absolute Gasteiger partial charge is 0.550 e. The Balaban J connectivity index is 0.00000338. The number of benzene rings is 1. The maximum Gasteiger partial charge on any atom is 1.00 e. The first kappa shape index (κ1) is 21.7. The van der Waals surface area contributed by atoms with Crippen LogP contribution < -0.4 is 5.11 Å². The number of ether oxygens (including phenoxy) is 2. The van der Waals surface area contributed by atoms with Crippen LogP contribution in [0.3, 0.4) is 0 Å². The van der Waals surface area contributed by atoms with Gasteiger partial charge >= 0.3 is 34.3 Å².